The Balaban J connectivity index is 2.03. The number of rotatable bonds is 5. The summed E-state index contributed by atoms with van der Waals surface area (Å²) in [5.41, 5.74) is 5.08. The SMILES string of the molecule is CCOc1ccc(C(=O)NNC(=O)c2cc(Br)c(Br)s2)cc1OC. The summed E-state index contributed by atoms with van der Waals surface area (Å²) in [6.07, 6.45) is 0. The molecular formula is C15H14Br2N2O4S. The second-order valence-electron chi connectivity index (χ2n) is 4.44. The average molecular weight is 478 g/mol. The second kappa shape index (κ2) is 8.50. The smallest absolute Gasteiger partial charge is 0.279 e. The second-order valence-corrected chi connectivity index (χ2v) is 7.66. The summed E-state index contributed by atoms with van der Waals surface area (Å²) >= 11 is 7.88. The highest BCUT2D eigenvalue weighted by molar-refractivity contribution is 9.13. The normalized spacial score (nSPS) is 10.2. The van der Waals surface area contributed by atoms with E-state index >= 15 is 0 Å². The molecule has 0 aliphatic rings. The van der Waals surface area contributed by atoms with E-state index < -0.39 is 11.8 Å². The van der Waals surface area contributed by atoms with Crippen molar-refractivity contribution in [3.63, 3.8) is 0 Å². The summed E-state index contributed by atoms with van der Waals surface area (Å²) in [7, 11) is 1.49. The summed E-state index contributed by atoms with van der Waals surface area (Å²) in [5.74, 6) is 0.132. The fraction of sp³-hybridized carbons (Fsp3) is 0.200. The van der Waals surface area contributed by atoms with Crippen LogP contribution >= 0.6 is 43.2 Å². The first-order valence-electron chi connectivity index (χ1n) is 6.82. The molecule has 0 saturated heterocycles. The quantitative estimate of drug-likeness (QED) is 0.643. The van der Waals surface area contributed by atoms with Crippen molar-refractivity contribution in [3.8, 4) is 11.5 Å². The lowest BCUT2D eigenvalue weighted by Crippen LogP contribution is -2.41. The number of ether oxygens (including phenoxy) is 2. The number of hydrogen-bond acceptors (Lipinski definition) is 5. The Bertz CT molecular complexity index is 744. The van der Waals surface area contributed by atoms with E-state index in [2.05, 4.69) is 42.7 Å². The number of benzene rings is 1. The van der Waals surface area contributed by atoms with Gasteiger partial charge < -0.3 is 9.47 Å². The molecule has 9 heteroatoms. The van der Waals surface area contributed by atoms with Gasteiger partial charge in [0.15, 0.2) is 11.5 Å². The molecule has 0 bridgehead atoms. The molecule has 0 fully saturated rings. The maximum atomic E-state index is 12.2. The highest BCUT2D eigenvalue weighted by Crippen LogP contribution is 2.32. The van der Waals surface area contributed by atoms with Gasteiger partial charge in [-0.1, -0.05) is 0 Å². The van der Waals surface area contributed by atoms with Gasteiger partial charge in [0.25, 0.3) is 11.8 Å². The molecule has 128 valence electrons. The van der Waals surface area contributed by atoms with Crippen molar-refractivity contribution in [1.82, 2.24) is 10.9 Å². The van der Waals surface area contributed by atoms with Crippen molar-refractivity contribution in [2.75, 3.05) is 13.7 Å². The number of amides is 2. The molecule has 0 aliphatic heterocycles. The maximum Gasteiger partial charge on any atom is 0.279 e. The van der Waals surface area contributed by atoms with Gasteiger partial charge in [-0.05, 0) is 63.0 Å². The lowest BCUT2D eigenvalue weighted by molar-refractivity contribution is 0.0848. The van der Waals surface area contributed by atoms with Gasteiger partial charge in [0.1, 0.15) is 0 Å². The van der Waals surface area contributed by atoms with Crippen LogP contribution in [0.3, 0.4) is 0 Å². The van der Waals surface area contributed by atoms with Crippen LogP contribution < -0.4 is 20.3 Å². The summed E-state index contributed by atoms with van der Waals surface area (Å²) in [5, 5.41) is 0. The Hall–Kier alpha value is -1.58. The fourth-order valence-corrected chi connectivity index (χ4v) is 3.72. The van der Waals surface area contributed by atoms with Gasteiger partial charge in [-0.15, -0.1) is 11.3 Å². The van der Waals surface area contributed by atoms with E-state index in [9.17, 15) is 9.59 Å². The van der Waals surface area contributed by atoms with Gasteiger partial charge in [0, 0.05) is 10.0 Å². The van der Waals surface area contributed by atoms with Crippen molar-refractivity contribution in [2.24, 2.45) is 0 Å². The number of hydrogen-bond donors (Lipinski definition) is 2. The highest BCUT2D eigenvalue weighted by Gasteiger charge is 2.15. The Morgan fingerprint density at radius 2 is 1.83 bits per heavy atom. The Kier molecular flexibility index (Phi) is 6.64. The van der Waals surface area contributed by atoms with E-state index in [1.165, 1.54) is 18.4 Å². The molecule has 2 rings (SSSR count). The minimum atomic E-state index is -0.459. The van der Waals surface area contributed by atoms with E-state index in [0.29, 0.717) is 28.5 Å². The zero-order valence-corrected chi connectivity index (χ0v) is 16.8. The number of carbonyl (C=O) groups is 2. The zero-order valence-electron chi connectivity index (χ0n) is 12.8. The van der Waals surface area contributed by atoms with Gasteiger partial charge in [0.2, 0.25) is 0 Å². The van der Waals surface area contributed by atoms with Crippen LogP contribution in [-0.2, 0) is 0 Å². The molecule has 24 heavy (non-hydrogen) atoms. The predicted octanol–water partition coefficient (Wildman–Crippen LogP) is 3.76. The van der Waals surface area contributed by atoms with Gasteiger partial charge in [-0.25, -0.2) is 0 Å². The van der Waals surface area contributed by atoms with Gasteiger partial charge >= 0.3 is 0 Å². The summed E-state index contributed by atoms with van der Waals surface area (Å²) < 4.78 is 12.2. The number of methoxy groups -OCH3 is 1. The minimum Gasteiger partial charge on any atom is -0.493 e. The summed E-state index contributed by atoms with van der Waals surface area (Å²) in [6.45, 7) is 2.35. The molecule has 1 aromatic carbocycles. The fourth-order valence-electron chi connectivity index (χ4n) is 1.79. The zero-order chi connectivity index (χ0) is 17.7. The number of nitrogens with one attached hydrogen (secondary N) is 2. The van der Waals surface area contributed by atoms with Crippen LogP contribution in [0.2, 0.25) is 0 Å². The van der Waals surface area contributed by atoms with Crippen molar-refractivity contribution in [2.45, 2.75) is 6.92 Å². The van der Waals surface area contributed by atoms with Crippen molar-refractivity contribution in [3.05, 3.63) is 43.0 Å². The number of halogens is 2. The first kappa shape index (κ1) is 18.8. The van der Waals surface area contributed by atoms with Crippen LogP contribution in [0.1, 0.15) is 27.0 Å². The molecule has 2 amide bonds. The van der Waals surface area contributed by atoms with E-state index in [-0.39, 0.29) is 0 Å². The van der Waals surface area contributed by atoms with Crippen LogP contribution in [0, 0.1) is 0 Å². The van der Waals surface area contributed by atoms with Crippen LogP contribution in [0.4, 0.5) is 0 Å². The Morgan fingerprint density at radius 3 is 2.42 bits per heavy atom. The summed E-state index contributed by atoms with van der Waals surface area (Å²) in [4.78, 5) is 24.6. The molecule has 0 spiro atoms. The number of carbonyl (C=O) groups excluding carboxylic acids is 2. The van der Waals surface area contributed by atoms with E-state index in [4.69, 9.17) is 9.47 Å². The lowest BCUT2D eigenvalue weighted by atomic mass is 10.2. The summed E-state index contributed by atoms with van der Waals surface area (Å²) in [6, 6.07) is 6.45. The first-order valence-corrected chi connectivity index (χ1v) is 9.22. The Morgan fingerprint density at radius 1 is 1.12 bits per heavy atom. The molecule has 0 atom stereocenters. The average Bonchev–Trinajstić information content (AvgIpc) is 2.92. The van der Waals surface area contributed by atoms with E-state index in [1.54, 1.807) is 24.3 Å². The third-order valence-electron chi connectivity index (χ3n) is 2.88. The highest BCUT2D eigenvalue weighted by atomic mass is 79.9. The Labute approximate surface area is 159 Å². The minimum absolute atomic E-state index is 0.337. The molecule has 0 aliphatic carbocycles. The standard InChI is InChI=1S/C15H14Br2N2O4S/c1-3-23-10-5-4-8(6-11(10)22-2)14(20)18-19-15(21)12-7-9(16)13(17)24-12/h4-7H,3H2,1-2H3,(H,18,20)(H,19,21). The van der Waals surface area contributed by atoms with E-state index in [0.717, 1.165) is 8.26 Å². The van der Waals surface area contributed by atoms with Crippen LogP contribution in [0.5, 0.6) is 11.5 Å². The lowest BCUT2D eigenvalue weighted by Gasteiger charge is -2.11. The van der Waals surface area contributed by atoms with Crippen molar-refractivity contribution in [1.29, 1.82) is 0 Å². The monoisotopic (exact) mass is 476 g/mol. The predicted molar refractivity (Wildman–Crippen MR) is 98.8 cm³/mol. The largest absolute Gasteiger partial charge is 0.493 e. The molecule has 0 radical (unpaired) electrons. The van der Waals surface area contributed by atoms with E-state index in [1.807, 2.05) is 6.92 Å². The number of thiophene rings is 1. The van der Waals surface area contributed by atoms with Crippen LogP contribution in [0.15, 0.2) is 32.5 Å². The first-order chi connectivity index (χ1) is 11.5. The van der Waals surface area contributed by atoms with Crippen molar-refractivity contribution < 1.29 is 19.1 Å². The molecule has 0 unspecified atom stereocenters. The van der Waals surface area contributed by atoms with Crippen LogP contribution in [-0.4, -0.2) is 25.5 Å². The van der Waals surface area contributed by atoms with Gasteiger partial charge in [0.05, 0.1) is 22.4 Å². The third-order valence-corrected chi connectivity index (χ3v) is 6.14. The van der Waals surface area contributed by atoms with Crippen molar-refractivity contribution >= 4 is 55.0 Å². The van der Waals surface area contributed by atoms with Gasteiger partial charge in [-0.2, -0.15) is 0 Å². The molecule has 2 N–H and O–H groups in total. The molecule has 6 nitrogen and oxygen atoms in total. The van der Waals surface area contributed by atoms with Gasteiger partial charge in [-0.3, -0.25) is 20.4 Å². The number of hydrazine groups is 1. The van der Waals surface area contributed by atoms with Crippen LogP contribution in [0.25, 0.3) is 0 Å². The topological polar surface area (TPSA) is 76.7 Å². The molecule has 1 heterocycles. The molecule has 2 aromatic rings. The maximum absolute atomic E-state index is 12.2. The molecule has 1 aromatic heterocycles. The molecular weight excluding hydrogens is 464 g/mol. The molecule has 0 saturated carbocycles. The third kappa shape index (κ3) is 4.49.